The summed E-state index contributed by atoms with van der Waals surface area (Å²) in [5.41, 5.74) is 0.812. The van der Waals surface area contributed by atoms with Crippen LogP contribution in [0.2, 0.25) is 0 Å². The zero-order valence-corrected chi connectivity index (χ0v) is 13.6. The first-order valence-electron chi connectivity index (χ1n) is 8.20. The summed E-state index contributed by atoms with van der Waals surface area (Å²) in [4.78, 5) is 37.2. The van der Waals surface area contributed by atoms with Crippen molar-refractivity contribution in [3.05, 3.63) is 75.8 Å². The highest BCUT2D eigenvalue weighted by atomic mass is 16.6. The molecule has 0 saturated carbocycles. The molecule has 0 spiro atoms. The third-order valence-electron chi connectivity index (χ3n) is 4.46. The van der Waals surface area contributed by atoms with Crippen LogP contribution in [0.4, 0.5) is 5.69 Å². The van der Waals surface area contributed by atoms with Gasteiger partial charge >= 0.3 is 0 Å². The Morgan fingerprint density at radius 3 is 2.52 bits per heavy atom. The third-order valence-corrected chi connectivity index (χ3v) is 4.46. The standard InChI is InChI=1S/C19H18N2O4/c22-18(14-6-2-1-3-7-14)13-16-10-5-11-20(16)19(23)15-8-4-9-17(12-15)21(24)25/h1-4,6-9,12,16H,5,10-11,13H2/t16-/m0/s1. The van der Waals surface area contributed by atoms with Crippen LogP contribution < -0.4 is 0 Å². The second-order valence-electron chi connectivity index (χ2n) is 6.10. The molecule has 1 aliphatic heterocycles. The Kier molecular flexibility index (Phi) is 4.88. The molecule has 1 aliphatic rings. The molecule has 0 bridgehead atoms. The molecule has 6 nitrogen and oxygen atoms in total. The van der Waals surface area contributed by atoms with E-state index in [2.05, 4.69) is 0 Å². The van der Waals surface area contributed by atoms with Crippen molar-refractivity contribution in [2.45, 2.75) is 25.3 Å². The summed E-state index contributed by atoms with van der Waals surface area (Å²) < 4.78 is 0. The van der Waals surface area contributed by atoms with Crippen LogP contribution in [0.3, 0.4) is 0 Å². The quantitative estimate of drug-likeness (QED) is 0.475. The predicted molar refractivity (Wildman–Crippen MR) is 92.5 cm³/mol. The van der Waals surface area contributed by atoms with Crippen LogP contribution >= 0.6 is 0 Å². The maximum Gasteiger partial charge on any atom is 0.270 e. The number of nitro groups is 1. The van der Waals surface area contributed by atoms with Crippen LogP contribution in [-0.2, 0) is 0 Å². The van der Waals surface area contributed by atoms with E-state index in [1.807, 2.05) is 18.2 Å². The molecular formula is C19H18N2O4. The predicted octanol–water partition coefficient (Wildman–Crippen LogP) is 3.47. The second-order valence-corrected chi connectivity index (χ2v) is 6.10. The van der Waals surface area contributed by atoms with Crippen molar-refractivity contribution in [2.24, 2.45) is 0 Å². The molecule has 1 amide bonds. The number of hydrogen-bond donors (Lipinski definition) is 0. The van der Waals surface area contributed by atoms with E-state index in [0.29, 0.717) is 12.1 Å². The maximum atomic E-state index is 12.7. The minimum Gasteiger partial charge on any atom is -0.335 e. The Hall–Kier alpha value is -3.02. The van der Waals surface area contributed by atoms with Gasteiger partial charge in [-0.1, -0.05) is 36.4 Å². The van der Waals surface area contributed by atoms with Crippen molar-refractivity contribution in [1.29, 1.82) is 0 Å². The molecule has 0 unspecified atom stereocenters. The Bertz CT molecular complexity index is 804. The first kappa shape index (κ1) is 16.8. The molecule has 1 heterocycles. The Morgan fingerprint density at radius 1 is 1.08 bits per heavy atom. The molecule has 0 aliphatic carbocycles. The summed E-state index contributed by atoms with van der Waals surface area (Å²) in [5, 5.41) is 10.9. The average molecular weight is 338 g/mol. The van der Waals surface area contributed by atoms with Gasteiger partial charge in [0.05, 0.1) is 4.92 Å². The number of amides is 1. The monoisotopic (exact) mass is 338 g/mol. The van der Waals surface area contributed by atoms with Gasteiger partial charge in [-0.05, 0) is 18.9 Å². The molecule has 2 aromatic carbocycles. The van der Waals surface area contributed by atoms with E-state index in [1.165, 1.54) is 18.2 Å². The van der Waals surface area contributed by atoms with E-state index in [1.54, 1.807) is 23.1 Å². The SMILES string of the molecule is O=C(C[C@@H]1CCCN1C(=O)c1cccc([N+](=O)[O-])c1)c1ccccc1. The lowest BCUT2D eigenvalue weighted by atomic mass is 10.0. The largest absolute Gasteiger partial charge is 0.335 e. The number of benzene rings is 2. The van der Waals surface area contributed by atoms with Gasteiger partial charge in [0.2, 0.25) is 0 Å². The van der Waals surface area contributed by atoms with Crippen LogP contribution in [0.5, 0.6) is 0 Å². The summed E-state index contributed by atoms with van der Waals surface area (Å²) in [6.45, 7) is 0.564. The van der Waals surface area contributed by atoms with Gasteiger partial charge in [-0.15, -0.1) is 0 Å². The van der Waals surface area contributed by atoms with Crippen molar-refractivity contribution in [3.63, 3.8) is 0 Å². The molecule has 128 valence electrons. The molecule has 6 heteroatoms. The molecule has 0 radical (unpaired) electrons. The van der Waals surface area contributed by atoms with E-state index in [9.17, 15) is 19.7 Å². The summed E-state index contributed by atoms with van der Waals surface area (Å²) in [6, 6.07) is 14.6. The van der Waals surface area contributed by atoms with E-state index in [0.717, 1.165) is 12.8 Å². The highest BCUT2D eigenvalue weighted by Gasteiger charge is 2.31. The van der Waals surface area contributed by atoms with Crippen molar-refractivity contribution in [2.75, 3.05) is 6.54 Å². The summed E-state index contributed by atoms with van der Waals surface area (Å²) in [7, 11) is 0. The fourth-order valence-electron chi connectivity index (χ4n) is 3.19. The van der Waals surface area contributed by atoms with Gasteiger partial charge in [0.25, 0.3) is 11.6 Å². The second kappa shape index (κ2) is 7.25. The number of nitrogens with zero attached hydrogens (tertiary/aromatic N) is 2. The van der Waals surface area contributed by atoms with Crippen LogP contribution in [-0.4, -0.2) is 34.1 Å². The van der Waals surface area contributed by atoms with Crippen molar-refractivity contribution in [1.82, 2.24) is 4.90 Å². The van der Waals surface area contributed by atoms with Gasteiger partial charge in [-0.3, -0.25) is 19.7 Å². The number of nitro benzene ring substituents is 1. The first-order valence-corrected chi connectivity index (χ1v) is 8.20. The van der Waals surface area contributed by atoms with Gasteiger partial charge in [0.15, 0.2) is 5.78 Å². The molecule has 3 rings (SSSR count). The van der Waals surface area contributed by atoms with Crippen LogP contribution in [0.1, 0.15) is 40.0 Å². The van der Waals surface area contributed by atoms with Crippen molar-refractivity contribution in [3.8, 4) is 0 Å². The van der Waals surface area contributed by atoms with Gasteiger partial charge in [0.1, 0.15) is 0 Å². The van der Waals surface area contributed by atoms with Crippen LogP contribution in [0.15, 0.2) is 54.6 Å². The smallest absolute Gasteiger partial charge is 0.270 e. The average Bonchev–Trinajstić information content (AvgIpc) is 3.10. The Balaban J connectivity index is 1.75. The van der Waals surface area contributed by atoms with Gasteiger partial charge in [0, 0.05) is 42.3 Å². The minimum absolute atomic E-state index is 0.00402. The summed E-state index contributed by atoms with van der Waals surface area (Å²) >= 11 is 0. The number of non-ortho nitro benzene ring substituents is 1. The molecular weight excluding hydrogens is 320 g/mol. The minimum atomic E-state index is -0.517. The fraction of sp³-hybridized carbons (Fsp3) is 0.263. The molecule has 1 fully saturated rings. The van der Waals surface area contributed by atoms with Crippen LogP contribution in [0, 0.1) is 10.1 Å². The number of likely N-dealkylation sites (tertiary alicyclic amines) is 1. The Morgan fingerprint density at radius 2 is 1.80 bits per heavy atom. The van der Waals surface area contributed by atoms with E-state index in [-0.39, 0.29) is 35.4 Å². The number of rotatable bonds is 5. The van der Waals surface area contributed by atoms with Gasteiger partial charge in [-0.25, -0.2) is 0 Å². The van der Waals surface area contributed by atoms with Gasteiger partial charge < -0.3 is 4.90 Å². The third kappa shape index (κ3) is 3.74. The summed E-state index contributed by atoms with van der Waals surface area (Å²) in [5.74, 6) is -0.253. The van der Waals surface area contributed by atoms with Crippen molar-refractivity contribution >= 4 is 17.4 Å². The molecule has 0 aromatic heterocycles. The highest BCUT2D eigenvalue weighted by molar-refractivity contribution is 5.98. The molecule has 2 aromatic rings. The molecule has 0 N–H and O–H groups in total. The lowest BCUT2D eigenvalue weighted by Crippen LogP contribution is -2.36. The number of Topliss-reactive ketones (excluding diaryl/α,β-unsaturated/α-hetero) is 1. The van der Waals surface area contributed by atoms with Crippen LogP contribution in [0.25, 0.3) is 0 Å². The molecule has 1 atom stereocenters. The number of carbonyl (C=O) groups excluding carboxylic acids is 2. The first-order chi connectivity index (χ1) is 12.1. The molecule has 25 heavy (non-hydrogen) atoms. The number of carbonyl (C=O) groups is 2. The lowest BCUT2D eigenvalue weighted by Gasteiger charge is -2.24. The van der Waals surface area contributed by atoms with E-state index < -0.39 is 4.92 Å². The maximum absolute atomic E-state index is 12.7. The van der Waals surface area contributed by atoms with Crippen molar-refractivity contribution < 1.29 is 14.5 Å². The molecule has 1 saturated heterocycles. The van der Waals surface area contributed by atoms with Gasteiger partial charge in [-0.2, -0.15) is 0 Å². The fourth-order valence-corrected chi connectivity index (χ4v) is 3.19. The van der Waals surface area contributed by atoms with E-state index in [4.69, 9.17) is 0 Å². The normalized spacial score (nSPS) is 16.6. The Labute approximate surface area is 145 Å². The van der Waals surface area contributed by atoms with E-state index >= 15 is 0 Å². The lowest BCUT2D eigenvalue weighted by molar-refractivity contribution is -0.384. The number of ketones is 1. The zero-order chi connectivity index (χ0) is 17.8. The topological polar surface area (TPSA) is 80.5 Å². The number of hydrogen-bond acceptors (Lipinski definition) is 4. The zero-order valence-electron chi connectivity index (χ0n) is 13.6. The highest BCUT2D eigenvalue weighted by Crippen LogP contribution is 2.25. The summed E-state index contributed by atoms with van der Waals surface area (Å²) in [6.07, 6.45) is 1.86.